The van der Waals surface area contributed by atoms with Crippen LogP contribution in [0.5, 0.6) is 0 Å². The van der Waals surface area contributed by atoms with Crippen LogP contribution in [0, 0.1) is 11.6 Å². The molecule has 0 saturated carbocycles. The molecule has 0 bridgehead atoms. The van der Waals surface area contributed by atoms with E-state index in [1.54, 1.807) is 12.1 Å². The predicted octanol–water partition coefficient (Wildman–Crippen LogP) is 7.28. The summed E-state index contributed by atoms with van der Waals surface area (Å²) >= 11 is 0. The van der Waals surface area contributed by atoms with Crippen molar-refractivity contribution in [3.8, 4) is 0 Å². The summed E-state index contributed by atoms with van der Waals surface area (Å²) in [4.78, 5) is 38.4. The van der Waals surface area contributed by atoms with E-state index in [0.717, 1.165) is 30.4 Å². The molecule has 0 amide bonds. The first kappa shape index (κ1) is 30.3. The molecule has 37 heavy (non-hydrogen) atoms. The van der Waals surface area contributed by atoms with Gasteiger partial charge in [0.05, 0.1) is 28.2 Å². The van der Waals surface area contributed by atoms with Crippen LogP contribution in [0.2, 0.25) is 0 Å². The Balaban J connectivity index is 0.000000285. The Morgan fingerprint density at radius 1 is 0.568 bits per heavy atom. The van der Waals surface area contributed by atoms with E-state index in [-0.39, 0.29) is 11.8 Å². The van der Waals surface area contributed by atoms with E-state index in [4.69, 9.17) is 0 Å². The summed E-state index contributed by atoms with van der Waals surface area (Å²) in [6, 6.07) is 12.8. The second-order valence-electron chi connectivity index (χ2n) is 6.27. The van der Waals surface area contributed by atoms with Crippen molar-refractivity contribution in [2.45, 2.75) is 12.4 Å². The molecule has 0 fully saturated rings. The number of nitrogens with zero attached hydrogens (tertiary/aromatic N) is 3. The molecule has 0 unspecified atom stereocenters. The average Bonchev–Trinajstić information content (AvgIpc) is 2.82. The molecule has 0 atom stereocenters. The zero-order valence-corrected chi connectivity index (χ0v) is 17.9. The third kappa shape index (κ3) is 10.6. The topological polar surface area (TPSA) is 88.3 Å². The van der Waals surface area contributed by atoms with Gasteiger partial charge in [0.2, 0.25) is 18.2 Å². The van der Waals surface area contributed by atoms with Crippen molar-refractivity contribution < 1.29 is 49.5 Å². The first-order valence-electron chi connectivity index (χ1n) is 9.35. The number of benzene rings is 3. The number of carbonyl (C=O) groups excluding carboxylic acids is 3. The normalized spacial score (nSPS) is 10.2. The van der Waals surface area contributed by atoms with Gasteiger partial charge in [-0.15, -0.1) is 0 Å². The van der Waals surface area contributed by atoms with Gasteiger partial charge < -0.3 is 0 Å². The lowest BCUT2D eigenvalue weighted by atomic mass is 10.1. The van der Waals surface area contributed by atoms with Crippen LogP contribution < -0.4 is 0 Å². The van der Waals surface area contributed by atoms with E-state index in [2.05, 4.69) is 15.0 Å². The number of isocyanates is 3. The fraction of sp³-hybridized carbons (Fsp3) is 0.0870. The van der Waals surface area contributed by atoms with Crippen molar-refractivity contribution in [1.29, 1.82) is 0 Å². The number of hydrogen-bond acceptors (Lipinski definition) is 6. The number of para-hydroxylation sites is 1. The Hall–Kier alpha value is -4.76. The standard InChI is InChI=1S/2C8H3F4NO.C7H5NO/c9-7-2-1-5(13-4-14)3-6(7)8(10,11)12;9-5-1-2-7(13-4-14)6(3-5)8(10,11)12;9-6-8-7-4-2-1-3-5-7/h2*1-3H;1-5H. The number of aliphatic imine (C=N–C) groups is 3. The molecule has 0 radical (unpaired) electrons. The molecule has 3 aromatic carbocycles. The van der Waals surface area contributed by atoms with Gasteiger partial charge in [-0.25, -0.2) is 23.2 Å². The largest absolute Gasteiger partial charge is 0.419 e. The molecular weight excluding hydrogens is 518 g/mol. The summed E-state index contributed by atoms with van der Waals surface area (Å²) < 4.78 is 98.0. The quantitative estimate of drug-likeness (QED) is 0.203. The Labute approximate surface area is 202 Å². The minimum absolute atomic E-state index is 0.274. The van der Waals surface area contributed by atoms with Crippen molar-refractivity contribution >= 4 is 35.3 Å². The van der Waals surface area contributed by atoms with Crippen LogP contribution in [0.15, 0.2) is 81.7 Å². The molecule has 0 aliphatic carbocycles. The highest BCUT2D eigenvalue weighted by molar-refractivity contribution is 5.54. The summed E-state index contributed by atoms with van der Waals surface area (Å²) in [6.07, 6.45) is -6.04. The van der Waals surface area contributed by atoms with Gasteiger partial charge in [0, 0.05) is 0 Å². The molecule has 0 aliphatic heterocycles. The van der Waals surface area contributed by atoms with Gasteiger partial charge in [-0.2, -0.15) is 41.3 Å². The van der Waals surface area contributed by atoms with Crippen molar-refractivity contribution in [2.75, 3.05) is 0 Å². The molecule has 192 valence electrons. The highest BCUT2D eigenvalue weighted by Crippen LogP contribution is 2.36. The van der Waals surface area contributed by atoms with Crippen LogP contribution in [0.1, 0.15) is 11.1 Å². The lowest BCUT2D eigenvalue weighted by Gasteiger charge is -2.08. The lowest BCUT2D eigenvalue weighted by molar-refractivity contribution is -0.140. The number of rotatable bonds is 3. The molecule has 6 nitrogen and oxygen atoms in total. The highest BCUT2D eigenvalue weighted by atomic mass is 19.4. The predicted molar refractivity (Wildman–Crippen MR) is 113 cm³/mol. The fourth-order valence-corrected chi connectivity index (χ4v) is 2.29. The molecule has 14 heteroatoms. The molecule has 3 rings (SSSR count). The van der Waals surface area contributed by atoms with Crippen LogP contribution in [-0.4, -0.2) is 18.2 Å². The summed E-state index contributed by atoms with van der Waals surface area (Å²) in [6.45, 7) is 0. The summed E-state index contributed by atoms with van der Waals surface area (Å²) in [5.41, 5.74) is -3.02. The van der Waals surface area contributed by atoms with Gasteiger partial charge in [0.15, 0.2) is 0 Å². The van der Waals surface area contributed by atoms with E-state index in [1.165, 1.54) is 6.08 Å². The van der Waals surface area contributed by atoms with Crippen LogP contribution in [0.4, 0.5) is 52.2 Å². The Morgan fingerprint density at radius 2 is 1.11 bits per heavy atom. The molecule has 0 spiro atoms. The molecule has 3 aromatic rings. The maximum absolute atomic E-state index is 12.6. The van der Waals surface area contributed by atoms with Crippen LogP contribution in [0.3, 0.4) is 0 Å². The van der Waals surface area contributed by atoms with Crippen molar-refractivity contribution in [1.82, 2.24) is 0 Å². The zero-order valence-electron chi connectivity index (χ0n) is 17.9. The second-order valence-corrected chi connectivity index (χ2v) is 6.27. The lowest BCUT2D eigenvalue weighted by Crippen LogP contribution is -2.07. The van der Waals surface area contributed by atoms with E-state index in [1.807, 2.05) is 18.2 Å². The monoisotopic (exact) mass is 529 g/mol. The highest BCUT2D eigenvalue weighted by Gasteiger charge is 2.34. The van der Waals surface area contributed by atoms with Gasteiger partial charge in [0.1, 0.15) is 11.6 Å². The van der Waals surface area contributed by atoms with Gasteiger partial charge in [0.25, 0.3) is 0 Å². The van der Waals surface area contributed by atoms with Gasteiger partial charge in [-0.3, -0.25) is 0 Å². The van der Waals surface area contributed by atoms with Gasteiger partial charge in [-0.05, 0) is 48.5 Å². The van der Waals surface area contributed by atoms with E-state index >= 15 is 0 Å². The maximum Gasteiger partial charge on any atom is 0.419 e. The minimum atomic E-state index is -4.79. The Bertz CT molecular complexity index is 1340. The summed E-state index contributed by atoms with van der Waals surface area (Å²) in [5.74, 6) is -2.44. The van der Waals surface area contributed by atoms with E-state index in [0.29, 0.717) is 17.8 Å². The van der Waals surface area contributed by atoms with Crippen molar-refractivity contribution in [3.05, 3.63) is 89.5 Å². The third-order valence-corrected chi connectivity index (χ3v) is 3.79. The molecule has 0 N–H and O–H groups in total. The fourth-order valence-electron chi connectivity index (χ4n) is 2.29. The Morgan fingerprint density at radius 3 is 1.62 bits per heavy atom. The smallest absolute Gasteiger partial charge is 0.211 e. The molecule has 0 aromatic heterocycles. The average molecular weight is 529 g/mol. The van der Waals surface area contributed by atoms with Crippen LogP contribution in [0.25, 0.3) is 0 Å². The molecule has 0 heterocycles. The van der Waals surface area contributed by atoms with Gasteiger partial charge in [-0.1, -0.05) is 18.2 Å². The Kier molecular flexibility index (Phi) is 11.4. The second kappa shape index (κ2) is 14.0. The zero-order chi connectivity index (χ0) is 28.1. The maximum atomic E-state index is 12.6. The van der Waals surface area contributed by atoms with Crippen molar-refractivity contribution in [3.63, 3.8) is 0 Å². The van der Waals surface area contributed by atoms with E-state index < -0.39 is 40.8 Å². The summed E-state index contributed by atoms with van der Waals surface area (Å²) in [5, 5.41) is 0. The van der Waals surface area contributed by atoms with Crippen molar-refractivity contribution in [2.24, 2.45) is 15.0 Å². The van der Waals surface area contributed by atoms with E-state index in [9.17, 15) is 49.5 Å². The molecule has 0 saturated heterocycles. The summed E-state index contributed by atoms with van der Waals surface area (Å²) in [7, 11) is 0. The minimum Gasteiger partial charge on any atom is -0.211 e. The number of halogens is 8. The molecular formula is C23H11F8N3O3. The SMILES string of the molecule is O=C=Nc1ccc(F)c(C(F)(F)F)c1.O=C=Nc1ccc(F)cc1C(F)(F)F.O=C=Nc1ccccc1. The molecule has 0 aliphatic rings. The first-order chi connectivity index (χ1) is 17.3. The van der Waals surface area contributed by atoms with Crippen LogP contribution >= 0.6 is 0 Å². The van der Waals surface area contributed by atoms with Crippen LogP contribution in [-0.2, 0) is 26.7 Å². The van der Waals surface area contributed by atoms with Gasteiger partial charge >= 0.3 is 12.4 Å². The first-order valence-corrected chi connectivity index (χ1v) is 9.35. The third-order valence-electron chi connectivity index (χ3n) is 3.79. The number of alkyl halides is 6. The number of hydrogen-bond donors (Lipinski definition) is 0.